The summed E-state index contributed by atoms with van der Waals surface area (Å²) in [6.45, 7) is 1.90. The maximum absolute atomic E-state index is 13.1. The maximum atomic E-state index is 13.1. The van der Waals surface area contributed by atoms with E-state index in [0.29, 0.717) is 22.2 Å². The average molecular weight is 624 g/mol. The molecule has 2 unspecified atom stereocenters. The smallest absolute Gasteiger partial charge is 0.353 e. The number of amides is 2. The fourth-order valence-electron chi connectivity index (χ4n) is 3.95. The van der Waals surface area contributed by atoms with Crippen molar-refractivity contribution in [3.63, 3.8) is 0 Å². The number of carbonyl (C=O) groups excluding carboxylic acids is 2. The van der Waals surface area contributed by atoms with E-state index in [9.17, 15) is 24.4 Å². The molecule has 40 heavy (non-hydrogen) atoms. The lowest BCUT2D eigenvalue weighted by atomic mass is 10.0. The van der Waals surface area contributed by atoms with Crippen LogP contribution in [-0.4, -0.2) is 72.7 Å². The van der Waals surface area contributed by atoms with Crippen LogP contribution in [-0.2, 0) is 20.1 Å². The van der Waals surface area contributed by atoms with Gasteiger partial charge in [-0.3, -0.25) is 19.5 Å². The molecule has 0 aromatic carbocycles. The number of nitrogens with one attached hydrogen (secondary N) is 1. The van der Waals surface area contributed by atoms with E-state index in [1.807, 2.05) is 6.92 Å². The molecule has 2 aromatic heterocycles. The van der Waals surface area contributed by atoms with Crippen LogP contribution in [0.25, 0.3) is 0 Å². The third kappa shape index (κ3) is 6.51. The molecular formula is C22H25N9O5S4. The molecule has 0 aliphatic carbocycles. The molecule has 0 saturated carbocycles. The number of β-lactam (4-membered cyclic amide) rings is 1. The third-order valence-electron chi connectivity index (χ3n) is 5.69. The first kappa shape index (κ1) is 29.6. The lowest BCUT2D eigenvalue weighted by Gasteiger charge is -2.49. The maximum Gasteiger partial charge on any atom is 0.353 e. The Morgan fingerprint density at radius 2 is 2.15 bits per heavy atom. The molecule has 2 aliphatic heterocycles. The molecule has 1 saturated heterocycles. The number of carbonyl (C=O) groups is 3. The number of nitrogens with two attached hydrogens (primary N) is 3. The number of nitroso groups, excluding NO2 is 1. The van der Waals surface area contributed by atoms with Gasteiger partial charge in [-0.05, 0) is 23.7 Å². The average Bonchev–Trinajstić information content (AvgIpc) is 3.33. The second kappa shape index (κ2) is 12.9. The van der Waals surface area contributed by atoms with Crippen molar-refractivity contribution < 1.29 is 19.5 Å². The van der Waals surface area contributed by atoms with Crippen LogP contribution in [0, 0.1) is 4.91 Å². The summed E-state index contributed by atoms with van der Waals surface area (Å²) in [5.41, 5.74) is 17.3. The van der Waals surface area contributed by atoms with Crippen molar-refractivity contribution in [1.29, 1.82) is 0 Å². The second-order valence-electron chi connectivity index (χ2n) is 8.60. The van der Waals surface area contributed by atoms with E-state index in [1.165, 1.54) is 33.8 Å². The number of carboxylic acid groups (broad SMARTS) is 1. The monoisotopic (exact) mass is 623 g/mol. The zero-order valence-electron chi connectivity index (χ0n) is 20.9. The van der Waals surface area contributed by atoms with Crippen LogP contribution in [0.1, 0.15) is 24.2 Å². The van der Waals surface area contributed by atoms with Gasteiger partial charge in [0, 0.05) is 44.8 Å². The van der Waals surface area contributed by atoms with Gasteiger partial charge < -0.3 is 27.6 Å². The zero-order chi connectivity index (χ0) is 29.0. The van der Waals surface area contributed by atoms with E-state index < -0.39 is 35.2 Å². The van der Waals surface area contributed by atoms with Gasteiger partial charge in [0.1, 0.15) is 17.1 Å². The van der Waals surface area contributed by atoms with Crippen LogP contribution in [0.2, 0.25) is 0 Å². The SMILES string of the molecule is CC(CSCc1cnccc1SC1=C(C(=O)O)N2C(=O)[C@@H](NC(=O)C(N=O)c3csc(N)n3)[C@@H]2SC1)N=C(N)N. The Kier molecular flexibility index (Phi) is 9.54. The quantitative estimate of drug-likeness (QED) is 0.0972. The Morgan fingerprint density at radius 3 is 2.80 bits per heavy atom. The number of aliphatic imine (C=N–C) groups is 1. The number of fused-ring (bicyclic) bond motifs is 1. The summed E-state index contributed by atoms with van der Waals surface area (Å²) in [5.74, 6) is -1.08. The number of guanidine groups is 1. The number of rotatable bonds is 12. The minimum Gasteiger partial charge on any atom is -0.477 e. The number of nitrogen functional groups attached to an aromatic ring is 1. The number of pyridine rings is 1. The summed E-state index contributed by atoms with van der Waals surface area (Å²) in [6, 6.07) is -0.769. The third-order valence-corrected chi connectivity index (χ3v) is 10.3. The number of carboxylic acids is 1. The fourth-order valence-corrected chi connectivity index (χ4v) is 8.17. The first-order chi connectivity index (χ1) is 19.1. The van der Waals surface area contributed by atoms with Crippen LogP contribution in [0.4, 0.5) is 5.13 Å². The van der Waals surface area contributed by atoms with Crippen molar-refractivity contribution in [2.24, 2.45) is 21.6 Å². The zero-order valence-corrected chi connectivity index (χ0v) is 24.2. The standard InChI is InChI=1S/C22H25N9O5S4/c1-9(27-21(23)24)5-37-6-10-4-26-3-2-12(10)40-13-8-38-19-15(18(33)31(19)16(13)20(34)35)29-17(32)14(30-36)11-7-39-22(25)28-11/h2-4,7,9,14-15,19H,5-6,8H2,1H3,(H2,25,28)(H,29,32)(H,34,35)(H4,23,24,27)/t9?,14?,15-,19+/m1/s1. The van der Waals surface area contributed by atoms with Crippen LogP contribution < -0.4 is 22.5 Å². The highest BCUT2D eigenvalue weighted by atomic mass is 32.2. The molecule has 4 rings (SSSR count). The topological polar surface area (TPSA) is 232 Å². The highest BCUT2D eigenvalue weighted by Gasteiger charge is 2.54. The van der Waals surface area contributed by atoms with Gasteiger partial charge in [-0.15, -0.1) is 28.0 Å². The molecule has 2 aromatic rings. The van der Waals surface area contributed by atoms with Gasteiger partial charge in [-0.2, -0.15) is 11.8 Å². The van der Waals surface area contributed by atoms with Gasteiger partial charge in [0.05, 0.1) is 11.7 Å². The van der Waals surface area contributed by atoms with Gasteiger partial charge in [0.15, 0.2) is 11.1 Å². The van der Waals surface area contributed by atoms with Crippen molar-refractivity contribution in [2.75, 3.05) is 17.2 Å². The fraction of sp³-hybridized carbons (Fsp3) is 0.364. The van der Waals surface area contributed by atoms with E-state index in [0.717, 1.165) is 21.8 Å². The summed E-state index contributed by atoms with van der Waals surface area (Å²) in [6.07, 6.45) is 3.33. The van der Waals surface area contributed by atoms with Crippen molar-refractivity contribution >= 4 is 75.5 Å². The van der Waals surface area contributed by atoms with Gasteiger partial charge in [0.25, 0.3) is 11.8 Å². The first-order valence-corrected chi connectivity index (χ1v) is 15.5. The molecule has 18 heteroatoms. The predicted octanol–water partition coefficient (Wildman–Crippen LogP) is 1.31. The molecule has 8 N–H and O–H groups in total. The lowest BCUT2D eigenvalue weighted by molar-refractivity contribution is -0.150. The largest absolute Gasteiger partial charge is 0.477 e. The molecule has 0 bridgehead atoms. The summed E-state index contributed by atoms with van der Waals surface area (Å²) in [4.78, 5) is 64.1. The molecular weight excluding hydrogens is 599 g/mol. The summed E-state index contributed by atoms with van der Waals surface area (Å²) < 4.78 is 0. The van der Waals surface area contributed by atoms with Gasteiger partial charge >= 0.3 is 5.97 Å². The Bertz CT molecular complexity index is 1380. The molecule has 14 nitrogen and oxygen atoms in total. The normalized spacial score (nSPS) is 19.7. The van der Waals surface area contributed by atoms with Crippen molar-refractivity contribution in [3.05, 3.63) is 50.6 Å². The number of nitrogens with zero attached hydrogens (tertiary/aromatic N) is 5. The van der Waals surface area contributed by atoms with Gasteiger partial charge in [0.2, 0.25) is 6.04 Å². The molecule has 0 spiro atoms. The Hall–Kier alpha value is -3.35. The number of aromatic nitrogens is 2. The summed E-state index contributed by atoms with van der Waals surface area (Å²) >= 11 is 5.24. The van der Waals surface area contributed by atoms with Crippen molar-refractivity contribution in [3.8, 4) is 0 Å². The van der Waals surface area contributed by atoms with Crippen LogP contribution in [0.5, 0.6) is 0 Å². The van der Waals surface area contributed by atoms with Crippen molar-refractivity contribution in [1.82, 2.24) is 20.2 Å². The highest BCUT2D eigenvalue weighted by molar-refractivity contribution is 8.06. The van der Waals surface area contributed by atoms with Crippen molar-refractivity contribution in [2.45, 2.75) is 41.1 Å². The van der Waals surface area contributed by atoms with E-state index in [-0.39, 0.29) is 28.5 Å². The summed E-state index contributed by atoms with van der Waals surface area (Å²) in [7, 11) is 0. The number of thioether (sulfide) groups is 3. The molecule has 212 valence electrons. The predicted molar refractivity (Wildman–Crippen MR) is 156 cm³/mol. The Morgan fingerprint density at radius 1 is 1.38 bits per heavy atom. The van der Waals surface area contributed by atoms with E-state index >= 15 is 0 Å². The lowest BCUT2D eigenvalue weighted by Crippen LogP contribution is -2.70. The number of thiazole rings is 1. The summed E-state index contributed by atoms with van der Waals surface area (Å²) in [5, 5.41) is 16.3. The van der Waals surface area contributed by atoms with E-state index in [4.69, 9.17) is 17.2 Å². The molecule has 2 aliphatic rings. The van der Waals surface area contributed by atoms with Gasteiger partial charge in [-0.25, -0.2) is 14.8 Å². The number of hydrogen-bond donors (Lipinski definition) is 5. The molecule has 2 amide bonds. The second-order valence-corrected chi connectivity index (χ2v) is 12.8. The minimum absolute atomic E-state index is 0.0270. The number of hydrogen-bond acceptors (Lipinski definition) is 13. The number of aliphatic carboxylic acids is 1. The molecule has 4 atom stereocenters. The molecule has 1 fully saturated rings. The molecule has 4 heterocycles. The minimum atomic E-state index is -1.48. The number of anilines is 1. The van der Waals surface area contributed by atoms with Crippen LogP contribution in [0.3, 0.4) is 0 Å². The van der Waals surface area contributed by atoms with E-state index in [2.05, 4.69) is 25.5 Å². The van der Waals surface area contributed by atoms with Gasteiger partial charge in [-0.1, -0.05) is 11.8 Å². The molecule has 0 radical (unpaired) electrons. The van der Waals surface area contributed by atoms with Crippen LogP contribution >= 0.6 is 46.6 Å². The Balaban J connectivity index is 1.47. The Labute approximate surface area is 245 Å². The highest BCUT2D eigenvalue weighted by Crippen LogP contribution is 2.46. The van der Waals surface area contributed by atoms with E-state index in [1.54, 1.807) is 30.2 Å². The van der Waals surface area contributed by atoms with Crippen LogP contribution in [0.15, 0.2) is 49.5 Å². The first-order valence-electron chi connectivity index (χ1n) is 11.6.